The lowest BCUT2D eigenvalue weighted by Gasteiger charge is -2.14. The standard InChI is InChI=1S/C16H21NOS/c1-12-11-14(13(2)17-3)6-7-16(12)18-9-8-15-5-4-10-19-15/h4-7,10-11,13,17H,8-9H2,1-3H3. The number of hydrogen-bond donors (Lipinski definition) is 1. The Kier molecular flexibility index (Phi) is 5.00. The number of ether oxygens (including phenoxy) is 1. The molecule has 0 saturated carbocycles. The monoisotopic (exact) mass is 275 g/mol. The maximum atomic E-state index is 5.86. The molecule has 1 heterocycles. The summed E-state index contributed by atoms with van der Waals surface area (Å²) in [4.78, 5) is 1.37. The highest BCUT2D eigenvalue weighted by Crippen LogP contribution is 2.23. The number of rotatable bonds is 6. The minimum absolute atomic E-state index is 0.374. The molecule has 19 heavy (non-hydrogen) atoms. The van der Waals surface area contributed by atoms with Crippen molar-refractivity contribution in [2.45, 2.75) is 26.3 Å². The second-order valence-corrected chi connectivity index (χ2v) is 5.75. The summed E-state index contributed by atoms with van der Waals surface area (Å²) in [5.41, 5.74) is 2.50. The molecule has 1 aromatic carbocycles. The van der Waals surface area contributed by atoms with Crippen LogP contribution in [0.4, 0.5) is 0 Å². The van der Waals surface area contributed by atoms with Crippen LogP contribution in [0.1, 0.15) is 29.0 Å². The maximum absolute atomic E-state index is 5.86. The third-order valence-electron chi connectivity index (χ3n) is 3.32. The third kappa shape index (κ3) is 3.82. The molecule has 0 bridgehead atoms. The first-order chi connectivity index (χ1) is 9.20. The zero-order valence-corrected chi connectivity index (χ0v) is 12.6. The smallest absolute Gasteiger partial charge is 0.122 e. The van der Waals surface area contributed by atoms with Gasteiger partial charge in [0.15, 0.2) is 0 Å². The van der Waals surface area contributed by atoms with Crippen LogP contribution in [0, 0.1) is 6.92 Å². The van der Waals surface area contributed by atoms with Gasteiger partial charge in [0.1, 0.15) is 5.75 Å². The van der Waals surface area contributed by atoms with Gasteiger partial charge in [-0.05, 0) is 49.5 Å². The summed E-state index contributed by atoms with van der Waals surface area (Å²) in [6.45, 7) is 5.00. The molecule has 0 aliphatic carbocycles. The van der Waals surface area contributed by atoms with Crippen LogP contribution < -0.4 is 10.1 Å². The molecule has 0 amide bonds. The van der Waals surface area contributed by atoms with E-state index in [-0.39, 0.29) is 0 Å². The summed E-state index contributed by atoms with van der Waals surface area (Å²) in [7, 11) is 1.98. The predicted octanol–water partition coefficient (Wildman–Crippen LogP) is 3.96. The summed E-state index contributed by atoms with van der Waals surface area (Å²) in [5.74, 6) is 0.989. The van der Waals surface area contributed by atoms with Gasteiger partial charge in [-0.25, -0.2) is 0 Å². The molecule has 1 N–H and O–H groups in total. The molecule has 1 atom stereocenters. The Morgan fingerprint density at radius 1 is 1.32 bits per heavy atom. The molecule has 2 aromatic rings. The number of thiophene rings is 1. The van der Waals surface area contributed by atoms with E-state index in [4.69, 9.17) is 4.74 Å². The number of aryl methyl sites for hydroxylation is 1. The van der Waals surface area contributed by atoms with Crippen molar-refractivity contribution in [3.05, 3.63) is 51.7 Å². The molecule has 0 aliphatic rings. The van der Waals surface area contributed by atoms with Crippen LogP contribution >= 0.6 is 11.3 Å². The van der Waals surface area contributed by atoms with Crippen LogP contribution in [0.5, 0.6) is 5.75 Å². The molecular formula is C16H21NOS. The van der Waals surface area contributed by atoms with E-state index in [1.807, 2.05) is 7.05 Å². The molecule has 0 saturated heterocycles. The SMILES string of the molecule is CNC(C)c1ccc(OCCc2cccs2)c(C)c1. The maximum Gasteiger partial charge on any atom is 0.122 e. The van der Waals surface area contributed by atoms with Gasteiger partial charge in [-0.1, -0.05) is 18.2 Å². The summed E-state index contributed by atoms with van der Waals surface area (Å²) in [6, 6.07) is 11.0. The molecule has 102 valence electrons. The summed E-state index contributed by atoms with van der Waals surface area (Å²) < 4.78 is 5.86. The quantitative estimate of drug-likeness (QED) is 0.861. The second kappa shape index (κ2) is 6.73. The Labute approximate surface area is 119 Å². The number of benzene rings is 1. The Bertz CT molecular complexity index is 507. The van der Waals surface area contributed by atoms with Crippen LogP contribution in [0.2, 0.25) is 0 Å². The summed E-state index contributed by atoms with van der Waals surface area (Å²) >= 11 is 1.78. The topological polar surface area (TPSA) is 21.3 Å². The fourth-order valence-corrected chi connectivity index (χ4v) is 2.68. The normalized spacial score (nSPS) is 12.4. The van der Waals surface area contributed by atoms with E-state index in [2.05, 4.69) is 54.9 Å². The largest absolute Gasteiger partial charge is 0.493 e. The van der Waals surface area contributed by atoms with Gasteiger partial charge in [0.25, 0.3) is 0 Å². The van der Waals surface area contributed by atoms with Crippen molar-refractivity contribution in [3.8, 4) is 5.75 Å². The Hall–Kier alpha value is -1.32. The third-order valence-corrected chi connectivity index (χ3v) is 4.25. The van der Waals surface area contributed by atoms with Crippen molar-refractivity contribution < 1.29 is 4.74 Å². The van der Waals surface area contributed by atoms with Gasteiger partial charge in [0, 0.05) is 17.3 Å². The van der Waals surface area contributed by atoms with Crippen LogP contribution in [0.25, 0.3) is 0 Å². The molecule has 1 aromatic heterocycles. The molecular weight excluding hydrogens is 254 g/mol. The minimum atomic E-state index is 0.374. The van der Waals surface area contributed by atoms with Crippen LogP contribution in [0.15, 0.2) is 35.7 Å². The molecule has 2 nitrogen and oxygen atoms in total. The Morgan fingerprint density at radius 3 is 2.79 bits per heavy atom. The zero-order valence-electron chi connectivity index (χ0n) is 11.8. The van der Waals surface area contributed by atoms with Gasteiger partial charge in [-0.2, -0.15) is 0 Å². The molecule has 0 radical (unpaired) electrons. The first kappa shape index (κ1) is 14.1. The Morgan fingerprint density at radius 2 is 2.16 bits per heavy atom. The van der Waals surface area contributed by atoms with E-state index in [9.17, 15) is 0 Å². The average molecular weight is 275 g/mol. The van der Waals surface area contributed by atoms with E-state index in [1.165, 1.54) is 16.0 Å². The molecule has 1 unspecified atom stereocenters. The highest BCUT2D eigenvalue weighted by atomic mass is 32.1. The molecule has 3 heteroatoms. The zero-order chi connectivity index (χ0) is 13.7. The lowest BCUT2D eigenvalue weighted by molar-refractivity contribution is 0.320. The second-order valence-electron chi connectivity index (χ2n) is 4.71. The predicted molar refractivity (Wildman–Crippen MR) is 82.2 cm³/mol. The van der Waals surface area contributed by atoms with Crippen molar-refractivity contribution in [2.75, 3.05) is 13.7 Å². The lowest BCUT2D eigenvalue weighted by atomic mass is 10.1. The van der Waals surface area contributed by atoms with Crippen molar-refractivity contribution in [1.82, 2.24) is 5.32 Å². The van der Waals surface area contributed by atoms with Crippen LogP contribution in [-0.2, 0) is 6.42 Å². The molecule has 0 spiro atoms. The van der Waals surface area contributed by atoms with Crippen molar-refractivity contribution in [3.63, 3.8) is 0 Å². The number of nitrogens with one attached hydrogen (secondary N) is 1. The van der Waals surface area contributed by atoms with Gasteiger partial charge in [-0.3, -0.25) is 0 Å². The molecule has 2 rings (SSSR count). The van der Waals surface area contributed by atoms with Crippen molar-refractivity contribution in [2.24, 2.45) is 0 Å². The summed E-state index contributed by atoms with van der Waals surface area (Å²) in [5, 5.41) is 5.36. The van der Waals surface area contributed by atoms with Crippen molar-refractivity contribution >= 4 is 11.3 Å². The van der Waals surface area contributed by atoms with E-state index in [0.29, 0.717) is 6.04 Å². The minimum Gasteiger partial charge on any atom is -0.493 e. The van der Waals surface area contributed by atoms with E-state index in [0.717, 1.165) is 18.8 Å². The highest BCUT2D eigenvalue weighted by Gasteiger charge is 2.06. The van der Waals surface area contributed by atoms with Gasteiger partial charge in [0.05, 0.1) is 6.61 Å². The van der Waals surface area contributed by atoms with Gasteiger partial charge in [0.2, 0.25) is 0 Å². The summed E-state index contributed by atoms with van der Waals surface area (Å²) in [6.07, 6.45) is 0.978. The first-order valence-corrected chi connectivity index (χ1v) is 7.51. The van der Waals surface area contributed by atoms with Gasteiger partial charge >= 0.3 is 0 Å². The Balaban J connectivity index is 1.93. The van der Waals surface area contributed by atoms with Crippen molar-refractivity contribution in [1.29, 1.82) is 0 Å². The van der Waals surface area contributed by atoms with Gasteiger partial charge < -0.3 is 10.1 Å². The molecule has 0 aliphatic heterocycles. The fraction of sp³-hybridized carbons (Fsp3) is 0.375. The number of hydrogen-bond acceptors (Lipinski definition) is 3. The van der Waals surface area contributed by atoms with E-state index >= 15 is 0 Å². The van der Waals surface area contributed by atoms with Gasteiger partial charge in [-0.15, -0.1) is 11.3 Å². The average Bonchev–Trinajstić information content (AvgIpc) is 2.93. The first-order valence-electron chi connectivity index (χ1n) is 6.63. The van der Waals surface area contributed by atoms with Crippen LogP contribution in [-0.4, -0.2) is 13.7 Å². The highest BCUT2D eigenvalue weighted by molar-refractivity contribution is 7.09. The fourth-order valence-electron chi connectivity index (χ4n) is 1.99. The van der Waals surface area contributed by atoms with Crippen LogP contribution in [0.3, 0.4) is 0 Å². The van der Waals surface area contributed by atoms with E-state index in [1.54, 1.807) is 11.3 Å². The van der Waals surface area contributed by atoms with E-state index < -0.39 is 0 Å². The molecule has 0 fully saturated rings. The lowest BCUT2D eigenvalue weighted by Crippen LogP contribution is -2.12.